The number of halogens is 1. The molecule has 0 radical (unpaired) electrons. The van der Waals surface area contributed by atoms with Gasteiger partial charge in [-0.05, 0) is 30.0 Å². The molecule has 0 bridgehead atoms. The first-order valence-electron chi connectivity index (χ1n) is 6.37. The van der Waals surface area contributed by atoms with Crippen LogP contribution in [0.15, 0.2) is 18.2 Å². The maximum absolute atomic E-state index is 8.70. The van der Waals surface area contributed by atoms with Gasteiger partial charge in [-0.2, -0.15) is 5.26 Å². The smallest absolute Gasteiger partial charge is 0.0635 e. The van der Waals surface area contributed by atoms with Gasteiger partial charge in [-0.1, -0.05) is 37.6 Å². The Morgan fingerprint density at radius 3 is 2.67 bits per heavy atom. The molecule has 18 heavy (non-hydrogen) atoms. The molecule has 0 N–H and O–H groups in total. The van der Waals surface area contributed by atoms with Gasteiger partial charge in [0.1, 0.15) is 0 Å². The van der Waals surface area contributed by atoms with Gasteiger partial charge in [0.2, 0.25) is 0 Å². The van der Waals surface area contributed by atoms with Crippen molar-refractivity contribution < 1.29 is 0 Å². The number of nitrogens with zero attached hydrogens (tertiary/aromatic N) is 2. The summed E-state index contributed by atoms with van der Waals surface area (Å²) in [4.78, 5) is 2.30. The van der Waals surface area contributed by atoms with Crippen LogP contribution in [0.2, 0.25) is 5.02 Å². The fourth-order valence-corrected chi connectivity index (χ4v) is 2.28. The van der Waals surface area contributed by atoms with Gasteiger partial charge in [0, 0.05) is 31.1 Å². The number of hydrogen-bond acceptors (Lipinski definition) is 2. The zero-order valence-corrected chi connectivity index (χ0v) is 12.2. The molecule has 98 valence electrons. The molecule has 3 heteroatoms. The van der Waals surface area contributed by atoms with Gasteiger partial charge in [0.25, 0.3) is 0 Å². The zero-order valence-electron chi connectivity index (χ0n) is 11.4. The van der Waals surface area contributed by atoms with Gasteiger partial charge in [-0.25, -0.2) is 0 Å². The van der Waals surface area contributed by atoms with E-state index in [0.29, 0.717) is 12.3 Å². The molecule has 0 unspecified atom stereocenters. The maximum Gasteiger partial charge on any atom is 0.0635 e. The van der Waals surface area contributed by atoms with Crippen LogP contribution in [0, 0.1) is 24.2 Å². The highest BCUT2D eigenvalue weighted by molar-refractivity contribution is 6.31. The van der Waals surface area contributed by atoms with E-state index in [1.54, 1.807) is 0 Å². The second-order valence-corrected chi connectivity index (χ2v) is 5.54. The molecule has 0 amide bonds. The Morgan fingerprint density at radius 1 is 1.39 bits per heavy atom. The normalized spacial score (nSPS) is 10.9. The summed E-state index contributed by atoms with van der Waals surface area (Å²) in [7, 11) is 0. The van der Waals surface area contributed by atoms with Crippen LogP contribution in [-0.4, -0.2) is 18.0 Å². The lowest BCUT2D eigenvalue weighted by atomic mass is 10.1. The molecular formula is C15H21ClN2. The quantitative estimate of drug-likeness (QED) is 0.776. The molecular weight excluding hydrogens is 244 g/mol. The summed E-state index contributed by atoms with van der Waals surface area (Å²) in [5.41, 5.74) is 2.32. The minimum atomic E-state index is 0.566. The van der Waals surface area contributed by atoms with Gasteiger partial charge in [-0.3, -0.25) is 4.90 Å². The Morgan fingerprint density at radius 2 is 2.11 bits per heavy atom. The fraction of sp³-hybridized carbons (Fsp3) is 0.533. The second kappa shape index (κ2) is 7.41. The van der Waals surface area contributed by atoms with Crippen LogP contribution in [0.4, 0.5) is 0 Å². The van der Waals surface area contributed by atoms with Crippen molar-refractivity contribution >= 4 is 11.6 Å². The molecule has 0 fully saturated rings. The van der Waals surface area contributed by atoms with E-state index in [-0.39, 0.29) is 0 Å². The minimum Gasteiger partial charge on any atom is -0.298 e. The van der Waals surface area contributed by atoms with Crippen LogP contribution in [0.1, 0.15) is 31.4 Å². The Labute approximate surface area is 115 Å². The fourth-order valence-electron chi connectivity index (χ4n) is 1.98. The Balaban J connectivity index is 2.72. The highest BCUT2D eigenvalue weighted by atomic mass is 35.5. The highest BCUT2D eigenvalue weighted by Crippen LogP contribution is 2.19. The van der Waals surface area contributed by atoms with Crippen molar-refractivity contribution in [3.63, 3.8) is 0 Å². The minimum absolute atomic E-state index is 0.566. The zero-order chi connectivity index (χ0) is 13.5. The summed E-state index contributed by atoms with van der Waals surface area (Å²) in [6, 6.07) is 8.36. The van der Waals surface area contributed by atoms with E-state index < -0.39 is 0 Å². The number of nitriles is 1. The first-order valence-corrected chi connectivity index (χ1v) is 6.75. The average molecular weight is 265 g/mol. The van der Waals surface area contributed by atoms with Crippen LogP contribution < -0.4 is 0 Å². The molecule has 0 saturated carbocycles. The van der Waals surface area contributed by atoms with Gasteiger partial charge < -0.3 is 0 Å². The maximum atomic E-state index is 8.70. The standard InChI is InChI=1S/C15H21ClN2/c1-12(2)10-18(8-4-7-17)11-14-6-5-13(3)9-15(14)16/h5-6,9,12H,4,8,10-11H2,1-3H3. The molecule has 1 aromatic rings. The third-order valence-electron chi connectivity index (χ3n) is 2.77. The number of benzene rings is 1. The predicted octanol–water partition coefficient (Wildman–Crippen LogP) is 4.02. The van der Waals surface area contributed by atoms with E-state index >= 15 is 0 Å². The third kappa shape index (κ3) is 5.08. The van der Waals surface area contributed by atoms with E-state index in [2.05, 4.69) is 36.9 Å². The molecule has 2 nitrogen and oxygen atoms in total. The predicted molar refractivity (Wildman–Crippen MR) is 76.5 cm³/mol. The van der Waals surface area contributed by atoms with E-state index in [0.717, 1.165) is 30.2 Å². The van der Waals surface area contributed by atoms with Crippen molar-refractivity contribution in [1.29, 1.82) is 5.26 Å². The van der Waals surface area contributed by atoms with E-state index in [1.807, 2.05) is 13.0 Å². The number of hydrogen-bond donors (Lipinski definition) is 0. The van der Waals surface area contributed by atoms with Crippen LogP contribution in [0.3, 0.4) is 0 Å². The van der Waals surface area contributed by atoms with Crippen molar-refractivity contribution in [3.8, 4) is 6.07 Å². The van der Waals surface area contributed by atoms with Crippen LogP contribution in [0.25, 0.3) is 0 Å². The van der Waals surface area contributed by atoms with Crippen molar-refractivity contribution in [2.75, 3.05) is 13.1 Å². The molecule has 0 atom stereocenters. The molecule has 0 saturated heterocycles. The van der Waals surface area contributed by atoms with Crippen molar-refractivity contribution in [3.05, 3.63) is 34.3 Å². The molecule has 0 aromatic heterocycles. The first kappa shape index (κ1) is 15.0. The molecule has 0 aliphatic rings. The third-order valence-corrected chi connectivity index (χ3v) is 3.12. The lowest BCUT2D eigenvalue weighted by molar-refractivity contribution is 0.241. The average Bonchev–Trinajstić information content (AvgIpc) is 2.29. The van der Waals surface area contributed by atoms with Gasteiger partial charge in [0.05, 0.1) is 6.07 Å². The summed E-state index contributed by atoms with van der Waals surface area (Å²) in [6.45, 7) is 9.03. The van der Waals surface area contributed by atoms with Crippen molar-refractivity contribution in [2.45, 2.75) is 33.7 Å². The van der Waals surface area contributed by atoms with E-state index in [1.165, 1.54) is 5.56 Å². The summed E-state index contributed by atoms with van der Waals surface area (Å²) in [5, 5.41) is 9.52. The Kier molecular flexibility index (Phi) is 6.18. The molecule has 0 spiro atoms. The molecule has 1 rings (SSSR count). The van der Waals surface area contributed by atoms with E-state index in [4.69, 9.17) is 16.9 Å². The lowest BCUT2D eigenvalue weighted by Gasteiger charge is -2.23. The van der Waals surface area contributed by atoms with Crippen molar-refractivity contribution in [1.82, 2.24) is 4.90 Å². The van der Waals surface area contributed by atoms with Crippen LogP contribution in [-0.2, 0) is 6.54 Å². The first-order chi connectivity index (χ1) is 8.52. The lowest BCUT2D eigenvalue weighted by Crippen LogP contribution is -2.28. The van der Waals surface area contributed by atoms with Gasteiger partial charge in [0.15, 0.2) is 0 Å². The topological polar surface area (TPSA) is 27.0 Å². The Hall–Kier alpha value is -1.04. The summed E-state index contributed by atoms with van der Waals surface area (Å²) >= 11 is 6.25. The summed E-state index contributed by atoms with van der Waals surface area (Å²) in [5.74, 6) is 0.591. The van der Waals surface area contributed by atoms with Crippen molar-refractivity contribution in [2.24, 2.45) is 5.92 Å². The molecule has 1 aromatic carbocycles. The number of aryl methyl sites for hydroxylation is 1. The van der Waals surface area contributed by atoms with Gasteiger partial charge in [-0.15, -0.1) is 0 Å². The number of rotatable bonds is 6. The molecule has 0 heterocycles. The largest absolute Gasteiger partial charge is 0.298 e. The second-order valence-electron chi connectivity index (χ2n) is 5.13. The summed E-state index contributed by atoms with van der Waals surface area (Å²) < 4.78 is 0. The van der Waals surface area contributed by atoms with Crippen LogP contribution in [0.5, 0.6) is 0 Å². The summed E-state index contributed by atoms with van der Waals surface area (Å²) in [6.07, 6.45) is 0.566. The van der Waals surface area contributed by atoms with E-state index in [9.17, 15) is 0 Å². The monoisotopic (exact) mass is 264 g/mol. The van der Waals surface area contributed by atoms with Gasteiger partial charge >= 0.3 is 0 Å². The molecule has 0 aliphatic carbocycles. The highest BCUT2D eigenvalue weighted by Gasteiger charge is 2.10. The molecule has 0 aliphatic heterocycles. The van der Waals surface area contributed by atoms with Crippen LogP contribution >= 0.6 is 11.6 Å². The Bertz CT molecular complexity index is 421. The SMILES string of the molecule is Cc1ccc(CN(CCC#N)CC(C)C)c(Cl)c1.